The van der Waals surface area contributed by atoms with Crippen molar-refractivity contribution in [3.63, 3.8) is 0 Å². The Hall–Kier alpha value is -2.07. The molecule has 0 unspecified atom stereocenters. The quantitative estimate of drug-likeness (QED) is 0.856. The number of hydrogen-bond acceptors (Lipinski definition) is 2. The third-order valence-electron chi connectivity index (χ3n) is 2.83. The van der Waals surface area contributed by atoms with E-state index >= 15 is 0 Å². The molecule has 4 nitrogen and oxygen atoms in total. The topological polar surface area (TPSA) is 59.3 Å². The van der Waals surface area contributed by atoms with Crippen molar-refractivity contribution in [2.24, 2.45) is 0 Å². The van der Waals surface area contributed by atoms with Crippen LogP contribution in [0.2, 0.25) is 0 Å². The molecule has 0 fully saturated rings. The Morgan fingerprint density at radius 1 is 1.21 bits per heavy atom. The number of carbonyl (C=O) groups is 2. The second kappa shape index (κ2) is 6.75. The summed E-state index contributed by atoms with van der Waals surface area (Å²) in [5, 5.41) is 9.29. The summed E-state index contributed by atoms with van der Waals surface area (Å²) in [5.41, 5.74) is 1.30. The van der Waals surface area contributed by atoms with Gasteiger partial charge in [0.05, 0.1) is 5.69 Å². The molecule has 19 heavy (non-hydrogen) atoms. The molecule has 0 saturated heterocycles. The molecule has 0 saturated carbocycles. The molecular weight excluding hydrogens is 266 g/mol. The van der Waals surface area contributed by atoms with Crippen molar-refractivity contribution in [1.82, 2.24) is 4.57 Å². The van der Waals surface area contributed by atoms with Gasteiger partial charge in [-0.2, -0.15) is 0 Å². The number of halogens is 1. The van der Waals surface area contributed by atoms with Gasteiger partial charge in [-0.15, -0.1) is 12.4 Å². The van der Waals surface area contributed by atoms with E-state index in [4.69, 9.17) is 0 Å². The maximum absolute atomic E-state index is 11.3. The molecule has 0 bridgehead atoms. The first-order valence-electron chi connectivity index (χ1n) is 5.61. The first-order valence-corrected chi connectivity index (χ1v) is 5.61. The van der Waals surface area contributed by atoms with Gasteiger partial charge in [0.2, 0.25) is 0 Å². The number of carboxylic acids is 1. The summed E-state index contributed by atoms with van der Waals surface area (Å²) in [6, 6.07) is 11.9. The maximum atomic E-state index is 11.3. The molecule has 0 amide bonds. The third kappa shape index (κ3) is 3.45. The van der Waals surface area contributed by atoms with E-state index in [9.17, 15) is 14.7 Å². The predicted molar refractivity (Wildman–Crippen MR) is 73.9 cm³/mol. The second-order valence-corrected chi connectivity index (χ2v) is 4.00. The summed E-state index contributed by atoms with van der Waals surface area (Å²) in [6.07, 6.45) is 2.64. The van der Waals surface area contributed by atoms with Gasteiger partial charge in [0, 0.05) is 12.6 Å². The lowest BCUT2D eigenvalue weighted by molar-refractivity contribution is -0.140. The van der Waals surface area contributed by atoms with Gasteiger partial charge in [-0.1, -0.05) is 30.3 Å². The maximum Gasteiger partial charge on any atom is 0.327 e. The van der Waals surface area contributed by atoms with Crippen LogP contribution in [-0.2, 0) is 11.2 Å². The first kappa shape index (κ1) is 15.0. The van der Waals surface area contributed by atoms with Gasteiger partial charge in [0.25, 0.3) is 0 Å². The Morgan fingerprint density at radius 2 is 1.89 bits per heavy atom. The minimum atomic E-state index is -0.946. The number of nitrogens with zero attached hydrogens (tertiary/aromatic N) is 1. The van der Waals surface area contributed by atoms with Crippen LogP contribution in [0.5, 0.6) is 0 Å². The number of aromatic nitrogens is 1. The van der Waals surface area contributed by atoms with Crippen molar-refractivity contribution in [2.75, 3.05) is 0 Å². The molecule has 1 aromatic carbocycles. The molecule has 0 aliphatic heterocycles. The first-order chi connectivity index (χ1) is 8.72. The molecule has 100 valence electrons. The van der Waals surface area contributed by atoms with Crippen LogP contribution in [0.25, 0.3) is 0 Å². The molecule has 0 aliphatic rings. The molecule has 1 atom stereocenters. The normalized spacial score (nSPS) is 11.4. The highest BCUT2D eigenvalue weighted by Gasteiger charge is 2.21. The van der Waals surface area contributed by atoms with Crippen LogP contribution in [0, 0.1) is 0 Å². The molecule has 1 aromatic heterocycles. The van der Waals surface area contributed by atoms with E-state index in [1.165, 1.54) is 4.57 Å². The summed E-state index contributed by atoms with van der Waals surface area (Å²) in [5.74, 6) is -0.946. The summed E-state index contributed by atoms with van der Waals surface area (Å²) in [7, 11) is 0. The molecule has 1 N–H and O–H groups in total. The summed E-state index contributed by atoms with van der Waals surface area (Å²) in [4.78, 5) is 22.2. The number of aliphatic carboxylic acids is 1. The highest BCUT2D eigenvalue weighted by Crippen LogP contribution is 2.17. The Bertz CT molecular complexity index is 551. The molecule has 1 heterocycles. The SMILES string of the molecule is Cl.O=Cc1cccn1[C@@H](Cc1ccccc1)C(=O)O. The lowest BCUT2D eigenvalue weighted by Crippen LogP contribution is -2.22. The lowest BCUT2D eigenvalue weighted by Gasteiger charge is -2.16. The monoisotopic (exact) mass is 279 g/mol. The van der Waals surface area contributed by atoms with Crippen LogP contribution in [0.4, 0.5) is 0 Å². The van der Waals surface area contributed by atoms with Crippen molar-refractivity contribution < 1.29 is 14.7 Å². The smallest absolute Gasteiger partial charge is 0.327 e. The summed E-state index contributed by atoms with van der Waals surface area (Å²) in [6.45, 7) is 0. The van der Waals surface area contributed by atoms with E-state index in [1.54, 1.807) is 18.3 Å². The van der Waals surface area contributed by atoms with Crippen molar-refractivity contribution in [1.29, 1.82) is 0 Å². The van der Waals surface area contributed by atoms with Crippen LogP contribution in [0.3, 0.4) is 0 Å². The average molecular weight is 280 g/mol. The van der Waals surface area contributed by atoms with Crippen molar-refractivity contribution in [3.05, 3.63) is 59.9 Å². The Morgan fingerprint density at radius 3 is 2.47 bits per heavy atom. The Kier molecular flexibility index (Phi) is 5.33. The van der Waals surface area contributed by atoms with Gasteiger partial charge in [-0.3, -0.25) is 4.79 Å². The molecule has 0 aliphatic carbocycles. The summed E-state index contributed by atoms with van der Waals surface area (Å²) >= 11 is 0. The van der Waals surface area contributed by atoms with Gasteiger partial charge in [-0.25, -0.2) is 4.79 Å². The zero-order valence-electron chi connectivity index (χ0n) is 10.1. The molecular formula is C14H14ClNO3. The van der Waals surface area contributed by atoms with Crippen LogP contribution in [-0.4, -0.2) is 21.9 Å². The third-order valence-corrected chi connectivity index (χ3v) is 2.83. The fraction of sp³-hybridized carbons (Fsp3) is 0.143. The van der Waals surface area contributed by atoms with Crippen LogP contribution in [0.1, 0.15) is 22.1 Å². The van der Waals surface area contributed by atoms with E-state index in [0.29, 0.717) is 18.4 Å². The molecule has 2 aromatic rings. The van der Waals surface area contributed by atoms with Crippen molar-refractivity contribution >= 4 is 24.7 Å². The Labute approximate surface area is 117 Å². The largest absolute Gasteiger partial charge is 0.480 e. The van der Waals surface area contributed by atoms with Crippen LogP contribution in [0.15, 0.2) is 48.7 Å². The number of hydrogen-bond donors (Lipinski definition) is 1. The van der Waals surface area contributed by atoms with Crippen molar-refractivity contribution in [2.45, 2.75) is 12.5 Å². The fourth-order valence-corrected chi connectivity index (χ4v) is 1.93. The zero-order valence-corrected chi connectivity index (χ0v) is 10.9. The molecule has 2 rings (SSSR count). The molecule has 0 radical (unpaired) electrons. The highest BCUT2D eigenvalue weighted by molar-refractivity contribution is 5.85. The number of carbonyl (C=O) groups excluding carboxylic acids is 1. The molecule has 0 spiro atoms. The highest BCUT2D eigenvalue weighted by atomic mass is 35.5. The average Bonchev–Trinajstić information content (AvgIpc) is 2.84. The minimum Gasteiger partial charge on any atom is -0.480 e. The zero-order chi connectivity index (χ0) is 13.0. The van der Waals surface area contributed by atoms with Crippen molar-refractivity contribution in [3.8, 4) is 0 Å². The van der Waals surface area contributed by atoms with E-state index in [2.05, 4.69) is 0 Å². The Balaban J connectivity index is 0.00000180. The number of rotatable bonds is 5. The molecule has 5 heteroatoms. The standard InChI is InChI=1S/C14H13NO3.ClH/c16-10-12-7-4-8-15(12)13(14(17)18)9-11-5-2-1-3-6-11;/h1-8,10,13H,9H2,(H,17,18);1H/t13-;/m0./s1. The van der Waals surface area contributed by atoms with Crippen LogP contribution < -0.4 is 0 Å². The van der Waals surface area contributed by atoms with Gasteiger partial charge in [0.15, 0.2) is 6.29 Å². The van der Waals surface area contributed by atoms with Gasteiger partial charge >= 0.3 is 5.97 Å². The van der Waals surface area contributed by atoms with E-state index in [0.717, 1.165) is 5.56 Å². The predicted octanol–water partition coefficient (Wildman–Crippen LogP) is 2.59. The summed E-state index contributed by atoms with van der Waals surface area (Å²) < 4.78 is 1.49. The van der Waals surface area contributed by atoms with E-state index in [1.807, 2.05) is 30.3 Å². The number of benzene rings is 1. The van der Waals surface area contributed by atoms with Gasteiger partial charge in [-0.05, 0) is 17.7 Å². The van der Waals surface area contributed by atoms with E-state index < -0.39 is 12.0 Å². The minimum absolute atomic E-state index is 0. The fourth-order valence-electron chi connectivity index (χ4n) is 1.93. The number of aldehydes is 1. The lowest BCUT2D eigenvalue weighted by atomic mass is 10.1. The van der Waals surface area contributed by atoms with Crippen LogP contribution >= 0.6 is 12.4 Å². The van der Waals surface area contributed by atoms with Gasteiger partial charge < -0.3 is 9.67 Å². The second-order valence-electron chi connectivity index (χ2n) is 4.00. The van der Waals surface area contributed by atoms with Gasteiger partial charge in [0.1, 0.15) is 6.04 Å². The number of carboxylic acid groups (broad SMARTS) is 1. The van der Waals surface area contributed by atoms with E-state index in [-0.39, 0.29) is 12.4 Å².